The molecular formula is C13H28. The van der Waals surface area contributed by atoms with Crippen LogP contribution in [0.25, 0.3) is 0 Å². The van der Waals surface area contributed by atoms with Gasteiger partial charge in [0, 0.05) is 0 Å². The van der Waals surface area contributed by atoms with E-state index in [0.29, 0.717) is 5.41 Å². The molecule has 0 aromatic rings. The second kappa shape index (κ2) is 5.67. The van der Waals surface area contributed by atoms with Crippen LogP contribution < -0.4 is 0 Å². The molecule has 0 aromatic carbocycles. The Morgan fingerprint density at radius 1 is 1.08 bits per heavy atom. The van der Waals surface area contributed by atoms with Crippen molar-refractivity contribution in [2.45, 2.75) is 67.2 Å². The Balaban J connectivity index is 4.39. The van der Waals surface area contributed by atoms with Crippen molar-refractivity contribution in [1.82, 2.24) is 0 Å². The monoisotopic (exact) mass is 184 g/mol. The first-order chi connectivity index (χ1) is 5.99. The molecule has 2 unspecified atom stereocenters. The Morgan fingerprint density at radius 3 is 1.92 bits per heavy atom. The summed E-state index contributed by atoms with van der Waals surface area (Å²) in [6, 6.07) is 0. The van der Waals surface area contributed by atoms with E-state index < -0.39 is 0 Å². The molecule has 0 aliphatic carbocycles. The molecule has 0 saturated heterocycles. The van der Waals surface area contributed by atoms with Crippen molar-refractivity contribution >= 4 is 0 Å². The van der Waals surface area contributed by atoms with E-state index in [1.165, 1.54) is 25.7 Å². The van der Waals surface area contributed by atoms with Crippen molar-refractivity contribution in [3.63, 3.8) is 0 Å². The van der Waals surface area contributed by atoms with Crippen molar-refractivity contribution in [3.05, 3.63) is 0 Å². The van der Waals surface area contributed by atoms with Gasteiger partial charge in [-0.3, -0.25) is 0 Å². The van der Waals surface area contributed by atoms with E-state index in [0.717, 1.165) is 11.8 Å². The second-order valence-electron chi connectivity index (χ2n) is 5.12. The van der Waals surface area contributed by atoms with Gasteiger partial charge < -0.3 is 0 Å². The first-order valence-electron chi connectivity index (χ1n) is 5.99. The third kappa shape index (κ3) is 3.70. The summed E-state index contributed by atoms with van der Waals surface area (Å²) < 4.78 is 0. The van der Waals surface area contributed by atoms with Crippen molar-refractivity contribution in [3.8, 4) is 0 Å². The quantitative estimate of drug-likeness (QED) is 0.551. The van der Waals surface area contributed by atoms with Gasteiger partial charge >= 0.3 is 0 Å². The molecule has 13 heavy (non-hydrogen) atoms. The van der Waals surface area contributed by atoms with Crippen LogP contribution in [-0.4, -0.2) is 0 Å². The van der Waals surface area contributed by atoms with E-state index in [-0.39, 0.29) is 0 Å². The summed E-state index contributed by atoms with van der Waals surface area (Å²) in [7, 11) is 0. The molecule has 0 bridgehead atoms. The lowest BCUT2D eigenvalue weighted by Crippen LogP contribution is -2.28. The fraction of sp³-hybridized carbons (Fsp3) is 1.00. The van der Waals surface area contributed by atoms with Gasteiger partial charge in [0.25, 0.3) is 0 Å². The molecule has 0 N–H and O–H groups in total. The SMILES string of the molecule is CCCC(C(C)CC)C(C)(C)CC. The van der Waals surface area contributed by atoms with E-state index in [4.69, 9.17) is 0 Å². The molecule has 80 valence electrons. The van der Waals surface area contributed by atoms with Gasteiger partial charge in [0.1, 0.15) is 0 Å². The normalized spacial score (nSPS) is 17.1. The fourth-order valence-corrected chi connectivity index (χ4v) is 2.30. The zero-order valence-corrected chi connectivity index (χ0v) is 10.5. The highest BCUT2D eigenvalue weighted by Crippen LogP contribution is 2.39. The molecule has 0 heterocycles. The molecule has 0 saturated carbocycles. The van der Waals surface area contributed by atoms with E-state index in [1.807, 2.05) is 0 Å². The van der Waals surface area contributed by atoms with Gasteiger partial charge in [0.05, 0.1) is 0 Å². The van der Waals surface area contributed by atoms with Crippen LogP contribution in [0, 0.1) is 17.3 Å². The molecule has 0 fully saturated rings. The Kier molecular flexibility index (Phi) is 5.67. The molecule has 0 spiro atoms. The van der Waals surface area contributed by atoms with Gasteiger partial charge in [-0.05, 0) is 23.7 Å². The zero-order valence-electron chi connectivity index (χ0n) is 10.5. The van der Waals surface area contributed by atoms with Gasteiger partial charge in [0.2, 0.25) is 0 Å². The molecular weight excluding hydrogens is 156 g/mol. The molecule has 0 nitrogen and oxygen atoms in total. The lowest BCUT2D eigenvalue weighted by atomic mass is 9.68. The standard InChI is InChI=1S/C13H28/c1-7-10-12(11(4)8-2)13(5,6)9-3/h11-12H,7-10H2,1-6H3. The summed E-state index contributed by atoms with van der Waals surface area (Å²) in [6.07, 6.45) is 5.37. The number of hydrogen-bond acceptors (Lipinski definition) is 0. The van der Waals surface area contributed by atoms with Crippen molar-refractivity contribution in [2.24, 2.45) is 17.3 Å². The predicted octanol–water partition coefficient (Wildman–Crippen LogP) is 4.89. The summed E-state index contributed by atoms with van der Waals surface area (Å²) in [4.78, 5) is 0. The third-order valence-corrected chi connectivity index (χ3v) is 3.85. The minimum Gasteiger partial charge on any atom is -0.0654 e. The third-order valence-electron chi connectivity index (χ3n) is 3.85. The zero-order chi connectivity index (χ0) is 10.5. The smallest absolute Gasteiger partial charge is 0.0326 e. The highest BCUT2D eigenvalue weighted by molar-refractivity contribution is 4.80. The Labute approximate surface area is 85.1 Å². The van der Waals surface area contributed by atoms with Gasteiger partial charge in [-0.1, -0.05) is 60.8 Å². The molecule has 0 amide bonds. The summed E-state index contributed by atoms with van der Waals surface area (Å²) in [5.74, 6) is 1.79. The van der Waals surface area contributed by atoms with Crippen molar-refractivity contribution < 1.29 is 0 Å². The highest BCUT2D eigenvalue weighted by atomic mass is 14.3. The lowest BCUT2D eigenvalue weighted by Gasteiger charge is -2.37. The Hall–Kier alpha value is 0. The summed E-state index contributed by atoms with van der Waals surface area (Å²) in [6.45, 7) is 14.2. The molecule has 0 aliphatic rings. The van der Waals surface area contributed by atoms with E-state index >= 15 is 0 Å². The molecule has 0 radical (unpaired) electrons. The topological polar surface area (TPSA) is 0 Å². The minimum absolute atomic E-state index is 0.533. The van der Waals surface area contributed by atoms with Crippen LogP contribution in [0.1, 0.15) is 67.2 Å². The van der Waals surface area contributed by atoms with Gasteiger partial charge in [-0.15, -0.1) is 0 Å². The van der Waals surface area contributed by atoms with E-state index in [1.54, 1.807) is 0 Å². The van der Waals surface area contributed by atoms with Crippen LogP contribution in [0.4, 0.5) is 0 Å². The Bertz CT molecular complexity index is 124. The van der Waals surface area contributed by atoms with Crippen LogP contribution >= 0.6 is 0 Å². The average molecular weight is 184 g/mol. The number of rotatable bonds is 6. The van der Waals surface area contributed by atoms with Crippen LogP contribution in [0.2, 0.25) is 0 Å². The molecule has 0 aliphatic heterocycles. The molecule has 0 aromatic heterocycles. The largest absolute Gasteiger partial charge is 0.0654 e. The second-order valence-corrected chi connectivity index (χ2v) is 5.12. The molecule has 0 heteroatoms. The van der Waals surface area contributed by atoms with Crippen LogP contribution in [0.5, 0.6) is 0 Å². The van der Waals surface area contributed by atoms with Crippen molar-refractivity contribution in [1.29, 1.82) is 0 Å². The predicted molar refractivity (Wildman–Crippen MR) is 61.9 cm³/mol. The molecule has 0 rings (SSSR count). The van der Waals surface area contributed by atoms with E-state index in [9.17, 15) is 0 Å². The molecule has 2 atom stereocenters. The first kappa shape index (κ1) is 13.0. The summed E-state index contributed by atoms with van der Waals surface area (Å²) in [5.41, 5.74) is 0.533. The van der Waals surface area contributed by atoms with Gasteiger partial charge in [0.15, 0.2) is 0 Å². The Morgan fingerprint density at radius 2 is 1.62 bits per heavy atom. The summed E-state index contributed by atoms with van der Waals surface area (Å²) in [5, 5.41) is 0. The van der Waals surface area contributed by atoms with E-state index in [2.05, 4.69) is 41.5 Å². The first-order valence-corrected chi connectivity index (χ1v) is 5.99. The fourth-order valence-electron chi connectivity index (χ4n) is 2.30. The maximum absolute atomic E-state index is 2.43. The van der Waals surface area contributed by atoms with Crippen LogP contribution in [0.3, 0.4) is 0 Å². The van der Waals surface area contributed by atoms with Gasteiger partial charge in [-0.25, -0.2) is 0 Å². The average Bonchev–Trinajstić information content (AvgIpc) is 2.12. The maximum atomic E-state index is 2.43. The van der Waals surface area contributed by atoms with Crippen LogP contribution in [0.15, 0.2) is 0 Å². The number of hydrogen-bond donors (Lipinski definition) is 0. The summed E-state index contributed by atoms with van der Waals surface area (Å²) >= 11 is 0. The minimum atomic E-state index is 0.533. The maximum Gasteiger partial charge on any atom is -0.0326 e. The highest BCUT2D eigenvalue weighted by Gasteiger charge is 2.30. The van der Waals surface area contributed by atoms with Crippen LogP contribution in [-0.2, 0) is 0 Å². The van der Waals surface area contributed by atoms with Crippen molar-refractivity contribution in [2.75, 3.05) is 0 Å². The van der Waals surface area contributed by atoms with Gasteiger partial charge in [-0.2, -0.15) is 0 Å². The lowest BCUT2D eigenvalue weighted by molar-refractivity contribution is 0.126.